The van der Waals surface area contributed by atoms with E-state index >= 15 is 0 Å². The third-order valence-corrected chi connectivity index (χ3v) is 7.01. The summed E-state index contributed by atoms with van der Waals surface area (Å²) in [4.78, 5) is 37.7. The van der Waals surface area contributed by atoms with E-state index < -0.39 is 11.4 Å². The van der Waals surface area contributed by atoms with Crippen molar-refractivity contribution in [1.29, 1.82) is 0 Å². The Bertz CT molecular complexity index is 1360. The maximum atomic E-state index is 13.0. The van der Waals surface area contributed by atoms with Crippen LogP contribution in [0.5, 0.6) is 5.75 Å². The van der Waals surface area contributed by atoms with Crippen LogP contribution in [-0.4, -0.2) is 24.0 Å². The smallest absolute Gasteiger partial charge is 0.351 e. The lowest BCUT2D eigenvalue weighted by atomic mass is 9.99. The predicted molar refractivity (Wildman–Crippen MR) is 144 cm³/mol. The first-order chi connectivity index (χ1) is 17.2. The molecule has 36 heavy (non-hydrogen) atoms. The Balaban J connectivity index is 1.73. The molecule has 0 fully saturated rings. The molecule has 3 rings (SSSR count). The van der Waals surface area contributed by atoms with Gasteiger partial charge >= 0.3 is 11.6 Å². The first-order valence-corrected chi connectivity index (χ1v) is 12.9. The van der Waals surface area contributed by atoms with E-state index in [0.29, 0.717) is 24.2 Å². The maximum absolute atomic E-state index is 13.0. The van der Waals surface area contributed by atoms with E-state index in [4.69, 9.17) is 4.42 Å². The quantitative estimate of drug-likeness (QED) is 0.132. The number of hydrogen-bond donors (Lipinski definition) is 1. The third kappa shape index (κ3) is 6.82. The van der Waals surface area contributed by atoms with Gasteiger partial charge in [0.05, 0.1) is 13.5 Å². The van der Waals surface area contributed by atoms with Gasteiger partial charge in [-0.1, -0.05) is 44.6 Å². The van der Waals surface area contributed by atoms with E-state index in [1.807, 2.05) is 19.1 Å². The Kier molecular flexibility index (Phi) is 9.42. The van der Waals surface area contributed by atoms with Crippen molar-refractivity contribution in [1.82, 2.24) is 0 Å². The van der Waals surface area contributed by atoms with E-state index in [2.05, 4.69) is 29.9 Å². The maximum Gasteiger partial charge on any atom is 0.351 e. The highest BCUT2D eigenvalue weighted by molar-refractivity contribution is 7.19. The molecular weight excluding hydrogens is 476 g/mol. The number of aromatic hydroxyl groups is 1. The molecule has 1 aromatic carbocycles. The fraction of sp³-hybridized carbons (Fsp3) is 0.345. The molecule has 1 atom stereocenters. The summed E-state index contributed by atoms with van der Waals surface area (Å²) in [7, 11) is 1.34. The number of methoxy groups -OCH3 is 1. The molecule has 0 saturated heterocycles. The van der Waals surface area contributed by atoms with Crippen molar-refractivity contribution in [3.8, 4) is 5.75 Å². The average Bonchev–Trinajstić information content (AvgIpc) is 3.24. The lowest BCUT2D eigenvalue weighted by Gasteiger charge is -2.11. The Labute approximate surface area is 214 Å². The Morgan fingerprint density at radius 3 is 2.67 bits per heavy atom. The van der Waals surface area contributed by atoms with Gasteiger partial charge in [-0.15, -0.1) is 11.3 Å². The molecule has 0 aliphatic heterocycles. The molecule has 0 bridgehead atoms. The minimum absolute atomic E-state index is 0.164. The fourth-order valence-electron chi connectivity index (χ4n) is 3.91. The monoisotopic (exact) mass is 508 g/mol. The molecule has 0 amide bonds. The number of allylic oxidation sites excluding steroid dienone is 2. The topological polar surface area (TPSA) is 93.8 Å². The van der Waals surface area contributed by atoms with Crippen molar-refractivity contribution in [3.05, 3.63) is 80.2 Å². The number of ether oxygens (including phenoxy) is 1. The number of carbonyl (C=O) groups is 2. The predicted octanol–water partition coefficient (Wildman–Crippen LogP) is 6.80. The number of ketones is 1. The van der Waals surface area contributed by atoms with Crippen LogP contribution in [0, 0.1) is 0 Å². The molecule has 0 spiro atoms. The van der Waals surface area contributed by atoms with Gasteiger partial charge in [0.2, 0.25) is 0 Å². The molecule has 6 nitrogen and oxygen atoms in total. The Morgan fingerprint density at radius 2 is 1.97 bits per heavy atom. The minimum Gasteiger partial charge on any atom is -0.507 e. The van der Waals surface area contributed by atoms with E-state index in [1.165, 1.54) is 18.7 Å². The summed E-state index contributed by atoms with van der Waals surface area (Å²) in [5.41, 5.74) is 0.416. The molecule has 0 aliphatic rings. The van der Waals surface area contributed by atoms with Crippen LogP contribution in [-0.2, 0) is 16.0 Å². The zero-order chi connectivity index (χ0) is 26.2. The van der Waals surface area contributed by atoms with Gasteiger partial charge in [-0.2, -0.15) is 0 Å². The molecule has 190 valence electrons. The number of esters is 1. The number of hydrogen-bond acceptors (Lipinski definition) is 7. The average molecular weight is 509 g/mol. The molecular formula is C29H32O6S. The van der Waals surface area contributed by atoms with Crippen LogP contribution in [0.4, 0.5) is 0 Å². The largest absolute Gasteiger partial charge is 0.507 e. The van der Waals surface area contributed by atoms with Gasteiger partial charge in [0.15, 0.2) is 5.78 Å². The van der Waals surface area contributed by atoms with Crippen LogP contribution < -0.4 is 5.63 Å². The summed E-state index contributed by atoms with van der Waals surface area (Å²) in [5, 5.41) is 11.6. The number of aryl methyl sites for hydroxylation is 1. The fourth-order valence-corrected chi connectivity index (χ4v) is 5.04. The summed E-state index contributed by atoms with van der Waals surface area (Å²) in [5.74, 6) is -1.11. The lowest BCUT2D eigenvalue weighted by Crippen LogP contribution is -2.16. The zero-order valence-electron chi connectivity index (χ0n) is 21.1. The molecule has 7 heteroatoms. The highest BCUT2D eigenvalue weighted by atomic mass is 32.1. The molecule has 0 radical (unpaired) electrons. The van der Waals surface area contributed by atoms with Crippen LogP contribution in [0.25, 0.3) is 16.2 Å². The summed E-state index contributed by atoms with van der Waals surface area (Å²) in [6.45, 7) is 5.64. The first kappa shape index (κ1) is 27.1. The minimum atomic E-state index is -0.851. The number of rotatable bonds is 11. The van der Waals surface area contributed by atoms with E-state index in [0.717, 1.165) is 27.8 Å². The first-order valence-electron chi connectivity index (χ1n) is 12.1. The second-order valence-corrected chi connectivity index (χ2v) is 9.97. The number of fused-ring (bicyclic) bond motifs is 1. The number of thiophene rings is 1. The number of carbonyl (C=O) groups excluding carboxylic acids is 2. The van der Waals surface area contributed by atoms with Crippen molar-refractivity contribution in [3.63, 3.8) is 0 Å². The second kappa shape index (κ2) is 12.5. The molecule has 1 unspecified atom stereocenters. The summed E-state index contributed by atoms with van der Waals surface area (Å²) in [6, 6.07) is 9.74. The summed E-state index contributed by atoms with van der Waals surface area (Å²) < 4.78 is 11.1. The van der Waals surface area contributed by atoms with Gasteiger partial charge in [-0.3, -0.25) is 9.59 Å². The molecule has 0 saturated carbocycles. The van der Waals surface area contributed by atoms with E-state index in [-0.39, 0.29) is 29.6 Å². The lowest BCUT2D eigenvalue weighted by molar-refractivity contribution is -0.139. The van der Waals surface area contributed by atoms with Gasteiger partial charge < -0.3 is 14.3 Å². The Hall–Kier alpha value is -3.45. The molecule has 1 N–H and O–H groups in total. The highest BCUT2D eigenvalue weighted by Crippen LogP contribution is 2.30. The van der Waals surface area contributed by atoms with Gasteiger partial charge in [-0.05, 0) is 60.9 Å². The van der Waals surface area contributed by atoms with E-state index in [1.54, 1.807) is 30.4 Å². The van der Waals surface area contributed by atoms with Crippen LogP contribution in [0.2, 0.25) is 0 Å². The number of Topliss-reactive ketones (excluding diaryl/α,β-unsaturated/α-hetero) is 1. The number of benzene rings is 1. The van der Waals surface area contributed by atoms with Crippen molar-refractivity contribution < 1.29 is 23.8 Å². The normalized spacial score (nSPS) is 12.8. The van der Waals surface area contributed by atoms with Crippen molar-refractivity contribution >= 4 is 39.3 Å². The van der Waals surface area contributed by atoms with Gasteiger partial charge in [-0.25, -0.2) is 4.79 Å². The van der Waals surface area contributed by atoms with Gasteiger partial charge in [0.25, 0.3) is 0 Å². The molecule has 2 heterocycles. The summed E-state index contributed by atoms with van der Waals surface area (Å²) in [6.07, 6.45) is 8.91. The van der Waals surface area contributed by atoms with Crippen molar-refractivity contribution in [2.75, 3.05) is 7.11 Å². The second-order valence-electron chi connectivity index (χ2n) is 8.85. The van der Waals surface area contributed by atoms with Gasteiger partial charge in [0.1, 0.15) is 17.1 Å². The molecule has 0 aliphatic carbocycles. The van der Waals surface area contributed by atoms with Crippen LogP contribution in [0.3, 0.4) is 0 Å². The van der Waals surface area contributed by atoms with Crippen LogP contribution in [0.1, 0.15) is 78.9 Å². The van der Waals surface area contributed by atoms with Crippen molar-refractivity contribution in [2.24, 2.45) is 0 Å². The van der Waals surface area contributed by atoms with Crippen LogP contribution >= 0.6 is 11.3 Å². The Morgan fingerprint density at radius 1 is 1.19 bits per heavy atom. The van der Waals surface area contributed by atoms with Crippen LogP contribution in [0.15, 0.2) is 57.3 Å². The SMILES string of the molecule is CCCc1ccc2cc(C=C(C)C(=O)c3c(O)cc(C(C)CC/C=C/CC(=O)OC)oc3=O)sc2c1. The zero-order valence-corrected chi connectivity index (χ0v) is 21.9. The van der Waals surface area contributed by atoms with E-state index in [9.17, 15) is 19.5 Å². The van der Waals surface area contributed by atoms with Crippen molar-refractivity contribution in [2.45, 2.75) is 58.8 Å². The highest BCUT2D eigenvalue weighted by Gasteiger charge is 2.22. The van der Waals surface area contributed by atoms with Gasteiger partial charge in [0, 0.05) is 21.6 Å². The standard InChI is InChI=1S/C29H32O6S/c1-5-9-20-12-13-21-16-22(36-25(21)15-20)14-19(3)28(32)27-23(30)17-24(35-29(27)33)18(2)10-7-6-8-11-26(31)34-4/h6,8,12-18,30H,5,7,9-11H2,1-4H3/b8-6+,19-14?. The third-order valence-electron chi connectivity index (χ3n) is 5.97. The summed E-state index contributed by atoms with van der Waals surface area (Å²) >= 11 is 1.58. The molecule has 2 aromatic heterocycles. The molecule has 3 aromatic rings.